The molecule has 1 aromatic heterocycles. The predicted octanol–water partition coefficient (Wildman–Crippen LogP) is 2.45. The molecule has 9 heteroatoms. The second-order valence-corrected chi connectivity index (χ2v) is 8.95. The number of hydrogen-bond donors (Lipinski definition) is 3. The van der Waals surface area contributed by atoms with Crippen molar-refractivity contribution in [3.8, 4) is 0 Å². The first-order valence-electron chi connectivity index (χ1n) is 9.37. The van der Waals surface area contributed by atoms with E-state index in [0.717, 1.165) is 39.2 Å². The van der Waals surface area contributed by atoms with Crippen LogP contribution in [0, 0.1) is 48.5 Å². The second-order valence-electron chi connectivity index (χ2n) is 7.25. The van der Waals surface area contributed by atoms with Gasteiger partial charge >= 0.3 is 0 Å². The van der Waals surface area contributed by atoms with Gasteiger partial charge in [0.05, 0.1) is 4.90 Å². The van der Waals surface area contributed by atoms with Crippen molar-refractivity contribution in [2.24, 2.45) is 0 Å². The monoisotopic (exact) mass is 419 g/mol. The van der Waals surface area contributed by atoms with Crippen molar-refractivity contribution in [2.75, 3.05) is 12.0 Å². The molecule has 2 rings (SSSR count). The number of carbonyl (C=O) groups is 1. The van der Waals surface area contributed by atoms with Gasteiger partial charge in [0.2, 0.25) is 21.9 Å². The van der Waals surface area contributed by atoms with Gasteiger partial charge in [0.1, 0.15) is 0 Å². The minimum atomic E-state index is -3.73. The van der Waals surface area contributed by atoms with E-state index in [0.29, 0.717) is 4.90 Å². The lowest BCUT2D eigenvalue weighted by Crippen LogP contribution is -2.34. The minimum Gasteiger partial charge on any atom is -0.273 e. The average Bonchev–Trinajstić information content (AvgIpc) is 2.62. The molecule has 158 valence electrons. The fourth-order valence-electron chi connectivity index (χ4n) is 3.21. The van der Waals surface area contributed by atoms with Gasteiger partial charge in [-0.1, -0.05) is 0 Å². The molecular formula is C20H29N5O3S. The maximum Gasteiger partial charge on any atom is 0.242 e. The van der Waals surface area contributed by atoms with Gasteiger partial charge in [0.25, 0.3) is 0 Å². The zero-order valence-corrected chi connectivity index (χ0v) is 18.8. The lowest BCUT2D eigenvalue weighted by molar-refractivity contribution is -0.120. The Hall–Kier alpha value is -2.52. The topological polar surface area (TPSA) is 113 Å². The van der Waals surface area contributed by atoms with Gasteiger partial charge in [-0.3, -0.25) is 15.6 Å². The number of benzene rings is 1. The summed E-state index contributed by atoms with van der Waals surface area (Å²) in [6.07, 6.45) is -0.0288. The summed E-state index contributed by atoms with van der Waals surface area (Å²) in [6.45, 7) is 13.1. The number of amides is 1. The van der Waals surface area contributed by atoms with Gasteiger partial charge < -0.3 is 0 Å². The van der Waals surface area contributed by atoms with Crippen LogP contribution >= 0.6 is 0 Å². The molecule has 0 saturated carbocycles. The predicted molar refractivity (Wildman–Crippen MR) is 113 cm³/mol. The van der Waals surface area contributed by atoms with Crippen molar-refractivity contribution in [3.05, 3.63) is 45.3 Å². The number of hydrogen-bond acceptors (Lipinski definition) is 6. The molecule has 8 nitrogen and oxygen atoms in total. The van der Waals surface area contributed by atoms with Crippen molar-refractivity contribution in [1.82, 2.24) is 20.1 Å². The first kappa shape index (κ1) is 22.8. The van der Waals surface area contributed by atoms with Gasteiger partial charge in [-0.15, -0.1) is 0 Å². The van der Waals surface area contributed by atoms with E-state index in [9.17, 15) is 13.2 Å². The lowest BCUT2D eigenvalue weighted by Gasteiger charge is -2.19. The third-order valence-corrected chi connectivity index (χ3v) is 6.87. The standard InChI is InChI=1S/C20H29N5O3S/c1-11-10-12(2)23-20(22-11)25-24-18(26)8-9-21-29(27,28)19-16(6)14(4)13(3)15(5)17(19)7/h10,21H,8-9H2,1-7H3,(H,24,26)(H,22,23,25). The number of nitrogens with one attached hydrogen (secondary N) is 3. The largest absolute Gasteiger partial charge is 0.273 e. The third-order valence-electron chi connectivity index (χ3n) is 5.14. The second kappa shape index (κ2) is 8.87. The van der Waals surface area contributed by atoms with E-state index in [1.54, 1.807) is 0 Å². The molecule has 0 spiro atoms. The molecule has 1 aromatic carbocycles. The van der Waals surface area contributed by atoms with Crippen molar-refractivity contribution in [2.45, 2.75) is 59.8 Å². The van der Waals surface area contributed by atoms with Crippen LogP contribution in [0.1, 0.15) is 45.6 Å². The number of nitrogens with zero attached hydrogens (tertiary/aromatic N) is 2. The molecule has 0 saturated heterocycles. The molecule has 0 radical (unpaired) electrons. The van der Waals surface area contributed by atoms with Crippen molar-refractivity contribution in [3.63, 3.8) is 0 Å². The Labute approximate surface area is 172 Å². The van der Waals surface area contributed by atoms with Crippen LogP contribution in [0.5, 0.6) is 0 Å². The van der Waals surface area contributed by atoms with Crippen LogP contribution in [0.15, 0.2) is 11.0 Å². The molecule has 0 atom stereocenters. The van der Waals surface area contributed by atoms with Crippen LogP contribution in [0.4, 0.5) is 5.95 Å². The van der Waals surface area contributed by atoms with Crippen LogP contribution < -0.4 is 15.6 Å². The molecule has 0 aliphatic carbocycles. The average molecular weight is 420 g/mol. The zero-order valence-electron chi connectivity index (χ0n) is 18.0. The summed E-state index contributed by atoms with van der Waals surface area (Å²) in [4.78, 5) is 20.6. The Morgan fingerprint density at radius 3 is 1.86 bits per heavy atom. The summed E-state index contributed by atoms with van der Waals surface area (Å²) in [5, 5.41) is 0. The van der Waals surface area contributed by atoms with E-state index in [2.05, 4.69) is 25.5 Å². The fourth-order valence-corrected chi connectivity index (χ4v) is 4.84. The number of carbonyl (C=O) groups excluding carboxylic acids is 1. The Morgan fingerprint density at radius 1 is 0.862 bits per heavy atom. The maximum atomic E-state index is 12.8. The summed E-state index contributed by atoms with van der Waals surface area (Å²) in [6, 6.07) is 1.82. The molecule has 0 aliphatic rings. The van der Waals surface area contributed by atoms with Crippen LogP contribution in [-0.4, -0.2) is 30.8 Å². The Kier molecular flexibility index (Phi) is 6.97. The number of hydrazine groups is 1. The number of sulfonamides is 1. The molecule has 0 fully saturated rings. The van der Waals surface area contributed by atoms with E-state index < -0.39 is 10.0 Å². The molecular weight excluding hydrogens is 390 g/mol. The van der Waals surface area contributed by atoms with E-state index >= 15 is 0 Å². The summed E-state index contributed by atoms with van der Waals surface area (Å²) >= 11 is 0. The summed E-state index contributed by atoms with van der Waals surface area (Å²) in [7, 11) is -3.73. The summed E-state index contributed by atoms with van der Waals surface area (Å²) in [5.74, 6) is -0.0894. The molecule has 3 N–H and O–H groups in total. The lowest BCUT2D eigenvalue weighted by atomic mass is 9.95. The Bertz CT molecular complexity index is 999. The Balaban J connectivity index is 2.00. The van der Waals surface area contributed by atoms with E-state index in [1.165, 1.54) is 0 Å². The van der Waals surface area contributed by atoms with Gasteiger partial charge in [-0.2, -0.15) is 0 Å². The van der Waals surface area contributed by atoms with Gasteiger partial charge in [0, 0.05) is 24.4 Å². The number of aromatic nitrogens is 2. The molecule has 29 heavy (non-hydrogen) atoms. The zero-order chi connectivity index (χ0) is 21.9. The molecule has 1 amide bonds. The van der Waals surface area contributed by atoms with Crippen LogP contribution in [-0.2, 0) is 14.8 Å². The SMILES string of the molecule is Cc1cc(C)nc(NNC(=O)CCNS(=O)(=O)c2c(C)c(C)c(C)c(C)c2C)n1. The summed E-state index contributed by atoms with van der Waals surface area (Å²) in [5.41, 5.74) is 11.2. The van der Waals surface area contributed by atoms with Gasteiger partial charge in [-0.25, -0.2) is 23.1 Å². The summed E-state index contributed by atoms with van der Waals surface area (Å²) < 4.78 is 28.2. The first-order chi connectivity index (χ1) is 13.4. The minimum absolute atomic E-state index is 0.0194. The quantitative estimate of drug-likeness (QED) is 0.594. The highest BCUT2D eigenvalue weighted by atomic mass is 32.2. The van der Waals surface area contributed by atoms with Crippen LogP contribution in [0.25, 0.3) is 0 Å². The van der Waals surface area contributed by atoms with E-state index in [1.807, 2.05) is 54.5 Å². The highest BCUT2D eigenvalue weighted by molar-refractivity contribution is 7.89. The molecule has 0 bridgehead atoms. The number of aryl methyl sites for hydroxylation is 2. The van der Waals surface area contributed by atoms with Gasteiger partial charge in [-0.05, 0) is 82.3 Å². The Morgan fingerprint density at radius 2 is 1.34 bits per heavy atom. The molecule has 0 aliphatic heterocycles. The molecule has 2 aromatic rings. The highest BCUT2D eigenvalue weighted by Gasteiger charge is 2.23. The number of rotatable bonds is 7. The number of anilines is 1. The molecule has 0 unspecified atom stereocenters. The third kappa shape index (κ3) is 5.30. The smallest absolute Gasteiger partial charge is 0.242 e. The van der Waals surface area contributed by atoms with E-state index in [-0.39, 0.29) is 24.8 Å². The van der Waals surface area contributed by atoms with Crippen LogP contribution in [0.2, 0.25) is 0 Å². The van der Waals surface area contributed by atoms with E-state index in [4.69, 9.17) is 0 Å². The maximum absolute atomic E-state index is 12.8. The van der Waals surface area contributed by atoms with Crippen LogP contribution in [0.3, 0.4) is 0 Å². The van der Waals surface area contributed by atoms with Crippen molar-refractivity contribution in [1.29, 1.82) is 0 Å². The molecule has 1 heterocycles. The fraction of sp³-hybridized carbons (Fsp3) is 0.450. The highest BCUT2D eigenvalue weighted by Crippen LogP contribution is 2.29. The normalized spacial score (nSPS) is 11.4. The van der Waals surface area contributed by atoms with Crippen molar-refractivity contribution >= 4 is 21.9 Å². The first-order valence-corrected chi connectivity index (χ1v) is 10.9. The van der Waals surface area contributed by atoms with Crippen molar-refractivity contribution < 1.29 is 13.2 Å². The van der Waals surface area contributed by atoms with Gasteiger partial charge in [0.15, 0.2) is 0 Å².